The minimum absolute atomic E-state index is 0.0324. The third-order valence-electron chi connectivity index (χ3n) is 1.19. The molecule has 1 aliphatic rings. The Kier molecular flexibility index (Phi) is 1.32. The molecule has 1 radical (unpaired) electrons. The van der Waals surface area contributed by atoms with Crippen molar-refractivity contribution in [1.82, 2.24) is 4.90 Å². The molecule has 0 saturated carbocycles. The van der Waals surface area contributed by atoms with E-state index >= 15 is 0 Å². The predicted octanol–water partition coefficient (Wildman–Crippen LogP) is 0.542. The molecule has 1 atom stereocenters. The zero-order valence-electron chi connectivity index (χ0n) is 4.70. The van der Waals surface area contributed by atoms with E-state index in [-0.39, 0.29) is 6.04 Å². The van der Waals surface area contributed by atoms with Crippen molar-refractivity contribution in [3.05, 3.63) is 18.7 Å². The minimum Gasteiger partial charge on any atom is -0.280 e. The van der Waals surface area contributed by atoms with Gasteiger partial charge in [-0.25, -0.2) is 0 Å². The first kappa shape index (κ1) is 5.33. The average molecular weight is 107 g/mol. The van der Waals surface area contributed by atoms with Crippen LogP contribution in [0.4, 0.5) is 0 Å². The van der Waals surface area contributed by atoms with Gasteiger partial charge >= 0.3 is 0 Å². The van der Waals surface area contributed by atoms with Crippen molar-refractivity contribution in [2.45, 2.75) is 6.04 Å². The van der Waals surface area contributed by atoms with E-state index in [0.29, 0.717) is 0 Å². The van der Waals surface area contributed by atoms with Gasteiger partial charge in [-0.05, 0) is 7.05 Å². The molecular formula is C6H7N2. The topological polar surface area (TPSA) is 27.0 Å². The van der Waals surface area contributed by atoms with Gasteiger partial charge < -0.3 is 0 Å². The standard InChI is InChI=1S/C6H7N2/c1-8-4-2-3-6(8)5-7/h2-4,6H,1H3. The van der Waals surface area contributed by atoms with Crippen LogP contribution in [0.2, 0.25) is 0 Å². The van der Waals surface area contributed by atoms with Crippen LogP contribution in [0.3, 0.4) is 0 Å². The van der Waals surface area contributed by atoms with Gasteiger partial charge in [0, 0.05) is 6.54 Å². The second-order valence-corrected chi connectivity index (χ2v) is 1.77. The van der Waals surface area contributed by atoms with Crippen molar-refractivity contribution >= 4 is 0 Å². The van der Waals surface area contributed by atoms with Crippen molar-refractivity contribution in [2.24, 2.45) is 0 Å². The number of likely N-dealkylation sites (N-methyl/N-ethyl adjacent to an activating group) is 1. The van der Waals surface area contributed by atoms with E-state index in [4.69, 9.17) is 5.26 Å². The van der Waals surface area contributed by atoms with Gasteiger partial charge in [-0.2, -0.15) is 5.26 Å². The summed E-state index contributed by atoms with van der Waals surface area (Å²) in [4.78, 5) is 1.86. The monoisotopic (exact) mass is 107 g/mol. The summed E-state index contributed by atoms with van der Waals surface area (Å²) in [6.07, 6.45) is 3.74. The molecule has 0 saturated heterocycles. The van der Waals surface area contributed by atoms with Gasteiger partial charge in [0.25, 0.3) is 0 Å². The summed E-state index contributed by atoms with van der Waals surface area (Å²) in [5.41, 5.74) is 0. The van der Waals surface area contributed by atoms with Crippen molar-refractivity contribution in [1.29, 1.82) is 5.26 Å². The number of hydrogen-bond donors (Lipinski definition) is 0. The first-order valence-electron chi connectivity index (χ1n) is 2.48. The molecule has 1 heterocycles. The third-order valence-corrected chi connectivity index (χ3v) is 1.19. The van der Waals surface area contributed by atoms with Crippen LogP contribution >= 0.6 is 0 Å². The van der Waals surface area contributed by atoms with E-state index in [0.717, 1.165) is 0 Å². The number of rotatable bonds is 0. The Morgan fingerprint density at radius 3 is 2.75 bits per heavy atom. The van der Waals surface area contributed by atoms with E-state index < -0.39 is 0 Å². The van der Waals surface area contributed by atoms with Gasteiger partial charge in [0.15, 0.2) is 0 Å². The van der Waals surface area contributed by atoms with Crippen LogP contribution in [0, 0.1) is 17.9 Å². The minimum atomic E-state index is -0.0324. The summed E-state index contributed by atoms with van der Waals surface area (Å²) in [6.45, 7) is 1.88. The average Bonchev–Trinajstić information content (AvgIpc) is 2.14. The van der Waals surface area contributed by atoms with Gasteiger partial charge in [0.05, 0.1) is 6.07 Å². The molecule has 1 aliphatic heterocycles. The lowest BCUT2D eigenvalue weighted by molar-refractivity contribution is 0.433. The maximum atomic E-state index is 8.37. The second kappa shape index (κ2) is 1.97. The number of nitriles is 1. The Balaban J connectivity index is 2.57. The van der Waals surface area contributed by atoms with Gasteiger partial charge in [-0.1, -0.05) is 12.2 Å². The number of hydrogen-bond acceptors (Lipinski definition) is 2. The maximum Gasteiger partial charge on any atom is 0.117 e. The summed E-state index contributed by atoms with van der Waals surface area (Å²) >= 11 is 0. The molecule has 0 spiro atoms. The largest absolute Gasteiger partial charge is 0.280 e. The molecule has 0 aromatic heterocycles. The highest BCUT2D eigenvalue weighted by Gasteiger charge is 2.13. The first-order chi connectivity index (χ1) is 3.84. The molecule has 0 bridgehead atoms. The van der Waals surface area contributed by atoms with Crippen molar-refractivity contribution in [2.75, 3.05) is 7.05 Å². The van der Waals surface area contributed by atoms with Crippen LogP contribution in [0.25, 0.3) is 0 Å². The zero-order valence-corrected chi connectivity index (χ0v) is 4.70. The SMILES string of the molecule is CN1[CH]C=CC1C#N. The molecule has 41 valence electrons. The Morgan fingerprint density at radius 1 is 1.75 bits per heavy atom. The van der Waals surface area contributed by atoms with E-state index in [1.165, 1.54) is 0 Å². The molecule has 8 heavy (non-hydrogen) atoms. The Morgan fingerprint density at radius 2 is 2.50 bits per heavy atom. The van der Waals surface area contributed by atoms with E-state index in [9.17, 15) is 0 Å². The molecule has 0 fully saturated rings. The molecule has 1 unspecified atom stereocenters. The fourth-order valence-electron chi connectivity index (χ4n) is 0.653. The fourth-order valence-corrected chi connectivity index (χ4v) is 0.653. The lowest BCUT2D eigenvalue weighted by Gasteiger charge is -2.08. The van der Waals surface area contributed by atoms with Crippen molar-refractivity contribution < 1.29 is 0 Å². The summed E-state index contributed by atoms with van der Waals surface area (Å²) < 4.78 is 0. The highest BCUT2D eigenvalue weighted by molar-refractivity contribution is 5.17. The highest BCUT2D eigenvalue weighted by Crippen LogP contribution is 2.07. The summed E-state index contributed by atoms with van der Waals surface area (Å²) in [5.74, 6) is 0. The van der Waals surface area contributed by atoms with Crippen molar-refractivity contribution in [3.63, 3.8) is 0 Å². The van der Waals surface area contributed by atoms with Crippen LogP contribution in [-0.4, -0.2) is 18.0 Å². The van der Waals surface area contributed by atoms with Crippen molar-refractivity contribution in [3.8, 4) is 6.07 Å². The van der Waals surface area contributed by atoms with Gasteiger partial charge in [0.2, 0.25) is 0 Å². The van der Waals surface area contributed by atoms with E-state index in [1.807, 2.05) is 30.6 Å². The second-order valence-electron chi connectivity index (χ2n) is 1.77. The smallest absolute Gasteiger partial charge is 0.117 e. The molecule has 1 rings (SSSR count). The quantitative estimate of drug-likeness (QED) is 0.451. The molecule has 0 aliphatic carbocycles. The Labute approximate surface area is 49.0 Å². The lowest BCUT2D eigenvalue weighted by Crippen LogP contribution is -2.20. The molecule has 0 aromatic carbocycles. The van der Waals surface area contributed by atoms with Crippen LogP contribution in [0.1, 0.15) is 0 Å². The molecule has 0 amide bonds. The third kappa shape index (κ3) is 0.728. The molecule has 2 nitrogen and oxygen atoms in total. The normalized spacial score (nSPS) is 28.2. The molecule has 0 aromatic rings. The van der Waals surface area contributed by atoms with Gasteiger partial charge in [-0.15, -0.1) is 0 Å². The summed E-state index contributed by atoms with van der Waals surface area (Å²) in [5, 5.41) is 8.37. The summed E-state index contributed by atoms with van der Waals surface area (Å²) in [7, 11) is 1.88. The van der Waals surface area contributed by atoms with Crippen LogP contribution in [-0.2, 0) is 0 Å². The number of nitrogens with zero attached hydrogens (tertiary/aromatic N) is 2. The van der Waals surface area contributed by atoms with Crippen LogP contribution in [0.15, 0.2) is 12.2 Å². The maximum absolute atomic E-state index is 8.37. The lowest BCUT2D eigenvalue weighted by atomic mass is 10.3. The summed E-state index contributed by atoms with van der Waals surface area (Å²) in [6, 6.07) is 2.09. The molecule has 2 heteroatoms. The van der Waals surface area contributed by atoms with Gasteiger partial charge in [-0.3, -0.25) is 4.90 Å². The van der Waals surface area contributed by atoms with E-state index in [2.05, 4.69) is 6.07 Å². The predicted molar refractivity (Wildman–Crippen MR) is 30.6 cm³/mol. The van der Waals surface area contributed by atoms with Crippen LogP contribution in [0.5, 0.6) is 0 Å². The van der Waals surface area contributed by atoms with Gasteiger partial charge in [0.1, 0.15) is 6.04 Å². The van der Waals surface area contributed by atoms with E-state index in [1.54, 1.807) is 0 Å². The first-order valence-corrected chi connectivity index (χ1v) is 2.48. The fraction of sp³-hybridized carbons (Fsp3) is 0.333. The van der Waals surface area contributed by atoms with Crippen LogP contribution < -0.4 is 0 Å². The molecule has 0 N–H and O–H groups in total. The molecular weight excluding hydrogens is 100 g/mol. The highest BCUT2D eigenvalue weighted by atomic mass is 15.1. The zero-order chi connectivity index (χ0) is 5.98. The Hall–Kier alpha value is -0.810. The Bertz CT molecular complexity index is 143.